The highest BCUT2D eigenvalue weighted by Gasteiger charge is 2.40. The van der Waals surface area contributed by atoms with E-state index >= 15 is 0 Å². The van der Waals surface area contributed by atoms with E-state index in [2.05, 4.69) is 10.2 Å². The van der Waals surface area contributed by atoms with Crippen LogP contribution in [0.1, 0.15) is 11.6 Å². The molecule has 122 valence electrons. The third-order valence-electron chi connectivity index (χ3n) is 3.71. The minimum absolute atomic E-state index is 0.000906. The Bertz CT molecular complexity index is 713. The van der Waals surface area contributed by atoms with E-state index in [1.54, 1.807) is 19.2 Å². The highest BCUT2D eigenvalue weighted by atomic mass is 19.4. The Hall–Kier alpha value is -2.58. The number of fused-ring (bicyclic) bond motifs is 1. The second-order valence-electron chi connectivity index (χ2n) is 5.19. The zero-order chi connectivity index (χ0) is 16.6. The molecule has 0 saturated carbocycles. The lowest BCUT2D eigenvalue weighted by molar-refractivity contribution is -0.147. The summed E-state index contributed by atoms with van der Waals surface area (Å²) in [4.78, 5) is 15.4. The SMILES string of the molecule is CN(C(=O)N1CCn2c(nnc2C(F)(F)F)C1)c1ccccc1. The van der Waals surface area contributed by atoms with Gasteiger partial charge in [-0.2, -0.15) is 13.2 Å². The fourth-order valence-corrected chi connectivity index (χ4v) is 2.50. The van der Waals surface area contributed by atoms with Crippen LogP contribution in [0.4, 0.5) is 23.7 Å². The van der Waals surface area contributed by atoms with Gasteiger partial charge in [0.1, 0.15) is 0 Å². The molecule has 23 heavy (non-hydrogen) atoms. The van der Waals surface area contributed by atoms with Gasteiger partial charge in [-0.3, -0.25) is 4.90 Å². The summed E-state index contributed by atoms with van der Waals surface area (Å²) in [5, 5.41) is 6.77. The van der Waals surface area contributed by atoms with E-state index in [4.69, 9.17) is 0 Å². The van der Waals surface area contributed by atoms with Gasteiger partial charge >= 0.3 is 12.2 Å². The lowest BCUT2D eigenvalue weighted by Gasteiger charge is -2.31. The molecule has 1 aliphatic heterocycles. The first kappa shape index (κ1) is 15.3. The van der Waals surface area contributed by atoms with Crippen molar-refractivity contribution < 1.29 is 18.0 Å². The van der Waals surface area contributed by atoms with Crippen molar-refractivity contribution >= 4 is 11.7 Å². The van der Waals surface area contributed by atoms with Gasteiger partial charge in [-0.05, 0) is 12.1 Å². The first-order valence-corrected chi connectivity index (χ1v) is 6.95. The van der Waals surface area contributed by atoms with Crippen molar-refractivity contribution in [1.82, 2.24) is 19.7 Å². The standard InChI is InChI=1S/C14H14F3N5O/c1-20(10-5-3-2-4-6-10)13(23)21-7-8-22-11(9-21)18-19-12(22)14(15,16)17/h2-6H,7-9H2,1H3. The van der Waals surface area contributed by atoms with Crippen LogP contribution in [0, 0.1) is 0 Å². The van der Waals surface area contributed by atoms with Crippen molar-refractivity contribution in [2.75, 3.05) is 18.5 Å². The summed E-state index contributed by atoms with van der Waals surface area (Å²) < 4.78 is 39.4. The van der Waals surface area contributed by atoms with Crippen molar-refractivity contribution in [3.63, 3.8) is 0 Å². The van der Waals surface area contributed by atoms with Gasteiger partial charge in [-0.1, -0.05) is 18.2 Å². The minimum Gasteiger partial charge on any atom is -0.315 e. The minimum atomic E-state index is -4.54. The Balaban J connectivity index is 1.77. The number of rotatable bonds is 1. The van der Waals surface area contributed by atoms with Crippen molar-refractivity contribution in [3.05, 3.63) is 42.0 Å². The largest absolute Gasteiger partial charge is 0.451 e. The van der Waals surface area contributed by atoms with Gasteiger partial charge in [0.25, 0.3) is 0 Å². The summed E-state index contributed by atoms with van der Waals surface area (Å²) in [5.74, 6) is -0.880. The first-order valence-electron chi connectivity index (χ1n) is 6.95. The molecule has 9 heteroatoms. The number of amides is 2. The van der Waals surface area contributed by atoms with Crippen LogP contribution in [-0.2, 0) is 19.3 Å². The molecule has 2 aromatic rings. The van der Waals surface area contributed by atoms with E-state index in [1.807, 2.05) is 18.2 Å². The van der Waals surface area contributed by atoms with Crippen LogP contribution in [0.5, 0.6) is 0 Å². The fraction of sp³-hybridized carbons (Fsp3) is 0.357. The number of carbonyl (C=O) groups is 1. The van der Waals surface area contributed by atoms with E-state index in [9.17, 15) is 18.0 Å². The maximum Gasteiger partial charge on any atom is 0.451 e. The second kappa shape index (κ2) is 5.56. The predicted octanol–water partition coefficient (Wildman–Crippen LogP) is 2.37. The number of halogens is 3. The molecule has 1 aromatic heterocycles. The molecule has 1 aliphatic rings. The van der Waals surface area contributed by atoms with Gasteiger partial charge in [0.15, 0.2) is 5.82 Å². The van der Waals surface area contributed by atoms with E-state index in [0.29, 0.717) is 5.69 Å². The van der Waals surface area contributed by atoms with Gasteiger partial charge in [0, 0.05) is 25.8 Å². The molecule has 0 N–H and O–H groups in total. The normalized spacial score (nSPS) is 14.5. The molecule has 0 radical (unpaired) electrons. The van der Waals surface area contributed by atoms with Crippen LogP contribution in [0.2, 0.25) is 0 Å². The first-order chi connectivity index (χ1) is 10.9. The molecular weight excluding hydrogens is 311 g/mol. The zero-order valence-electron chi connectivity index (χ0n) is 12.3. The van der Waals surface area contributed by atoms with Crippen LogP contribution in [0.15, 0.2) is 30.3 Å². The van der Waals surface area contributed by atoms with Gasteiger partial charge in [-0.25, -0.2) is 4.79 Å². The van der Waals surface area contributed by atoms with E-state index in [-0.39, 0.29) is 31.5 Å². The van der Waals surface area contributed by atoms with Crippen LogP contribution < -0.4 is 4.90 Å². The molecule has 3 rings (SSSR count). The number of alkyl halides is 3. The zero-order valence-corrected chi connectivity index (χ0v) is 12.3. The molecule has 0 fully saturated rings. The van der Waals surface area contributed by atoms with Crippen LogP contribution in [-0.4, -0.2) is 39.3 Å². The van der Waals surface area contributed by atoms with Gasteiger partial charge in [0.05, 0.1) is 6.54 Å². The summed E-state index contributed by atoms with van der Waals surface area (Å²) in [6.45, 7) is 0.189. The molecule has 2 amide bonds. The topological polar surface area (TPSA) is 54.3 Å². The average Bonchev–Trinajstić information content (AvgIpc) is 2.97. The third-order valence-corrected chi connectivity index (χ3v) is 3.71. The van der Waals surface area contributed by atoms with E-state index in [1.165, 1.54) is 9.80 Å². The number of carbonyl (C=O) groups excluding carboxylic acids is 1. The number of para-hydroxylation sites is 1. The molecule has 0 bridgehead atoms. The molecule has 1 aromatic carbocycles. The third kappa shape index (κ3) is 2.86. The Morgan fingerprint density at radius 3 is 2.52 bits per heavy atom. The Morgan fingerprint density at radius 2 is 1.87 bits per heavy atom. The molecule has 0 saturated heterocycles. The predicted molar refractivity (Wildman–Crippen MR) is 75.7 cm³/mol. The molecule has 6 nitrogen and oxygen atoms in total. The number of benzene rings is 1. The highest BCUT2D eigenvalue weighted by molar-refractivity contribution is 5.91. The lowest BCUT2D eigenvalue weighted by Crippen LogP contribution is -2.45. The summed E-state index contributed by atoms with van der Waals surface area (Å²) >= 11 is 0. The fourth-order valence-electron chi connectivity index (χ4n) is 2.50. The maximum atomic E-state index is 12.8. The van der Waals surface area contributed by atoms with Crippen LogP contribution >= 0.6 is 0 Å². The number of urea groups is 1. The summed E-state index contributed by atoms with van der Waals surface area (Å²) in [7, 11) is 1.62. The second-order valence-corrected chi connectivity index (χ2v) is 5.19. The summed E-state index contributed by atoms with van der Waals surface area (Å²) in [6.07, 6.45) is -4.54. The monoisotopic (exact) mass is 325 g/mol. The van der Waals surface area contributed by atoms with Gasteiger partial charge in [-0.15, -0.1) is 10.2 Å². The van der Waals surface area contributed by atoms with E-state index in [0.717, 1.165) is 4.57 Å². The average molecular weight is 325 g/mol. The van der Waals surface area contributed by atoms with Gasteiger partial charge < -0.3 is 9.47 Å². The maximum absolute atomic E-state index is 12.8. The number of hydrogen-bond acceptors (Lipinski definition) is 3. The van der Waals surface area contributed by atoms with Crippen LogP contribution in [0.25, 0.3) is 0 Å². The Kier molecular flexibility index (Phi) is 3.70. The highest BCUT2D eigenvalue weighted by Crippen LogP contribution is 2.29. The Morgan fingerprint density at radius 1 is 1.17 bits per heavy atom. The number of anilines is 1. The number of aromatic nitrogens is 3. The van der Waals surface area contributed by atoms with Crippen molar-refractivity contribution in [3.8, 4) is 0 Å². The molecular formula is C14H14F3N5O. The molecule has 0 aliphatic carbocycles. The lowest BCUT2D eigenvalue weighted by atomic mass is 10.3. The quantitative estimate of drug-likeness (QED) is 0.809. The molecule has 0 atom stereocenters. The van der Waals surface area contributed by atoms with Crippen molar-refractivity contribution in [1.29, 1.82) is 0 Å². The molecule has 0 unspecified atom stereocenters. The van der Waals surface area contributed by atoms with Crippen molar-refractivity contribution in [2.24, 2.45) is 0 Å². The smallest absolute Gasteiger partial charge is 0.315 e. The number of hydrogen-bond donors (Lipinski definition) is 0. The van der Waals surface area contributed by atoms with Gasteiger partial charge in [0.2, 0.25) is 5.82 Å². The summed E-state index contributed by atoms with van der Waals surface area (Å²) in [6, 6.07) is 8.73. The van der Waals surface area contributed by atoms with Crippen molar-refractivity contribution in [2.45, 2.75) is 19.3 Å². The summed E-state index contributed by atoms with van der Waals surface area (Å²) in [5.41, 5.74) is 0.709. The Labute approximate surface area is 130 Å². The van der Waals surface area contributed by atoms with Crippen LogP contribution in [0.3, 0.4) is 0 Å². The molecule has 2 heterocycles. The number of nitrogens with zero attached hydrogens (tertiary/aromatic N) is 5. The van der Waals surface area contributed by atoms with E-state index < -0.39 is 12.0 Å². The molecule has 0 spiro atoms.